The van der Waals surface area contributed by atoms with E-state index in [1.165, 1.54) is 6.66 Å². The van der Waals surface area contributed by atoms with Crippen molar-refractivity contribution in [3.05, 3.63) is 0 Å². The summed E-state index contributed by atoms with van der Waals surface area (Å²) < 4.78 is 10.9. The molecule has 0 saturated heterocycles. The van der Waals surface area contributed by atoms with E-state index in [-0.39, 0.29) is 18.9 Å². The Balaban J connectivity index is 2.66. The maximum absolute atomic E-state index is 10.9. The van der Waals surface area contributed by atoms with Crippen molar-refractivity contribution < 1.29 is 14.6 Å². The second-order valence-corrected chi connectivity index (χ2v) is 5.62. The lowest BCUT2D eigenvalue weighted by molar-refractivity contribution is 0.0202. The SMILES string of the molecule is CP(=O)(O)C1(O)CC(N)C1. The molecule has 1 atom stereocenters. The number of nitrogens with two attached hydrogens (primary N) is 1. The van der Waals surface area contributed by atoms with E-state index in [9.17, 15) is 9.67 Å². The number of hydrogen-bond acceptors (Lipinski definition) is 3. The lowest BCUT2D eigenvalue weighted by Gasteiger charge is -2.42. The standard InChI is InChI=1S/C5H12NO3P/c1-10(8,9)5(7)2-4(6)3-5/h4,7H,2-3,6H2,1H3,(H,8,9). The van der Waals surface area contributed by atoms with Gasteiger partial charge in [0.1, 0.15) is 5.34 Å². The molecule has 1 rings (SSSR count). The Kier molecular flexibility index (Phi) is 1.68. The van der Waals surface area contributed by atoms with E-state index in [4.69, 9.17) is 10.6 Å². The first-order valence-electron chi connectivity index (χ1n) is 3.13. The lowest BCUT2D eigenvalue weighted by Crippen LogP contribution is -2.50. The summed E-state index contributed by atoms with van der Waals surface area (Å²) in [5, 5.41) is 7.94. The zero-order chi connectivity index (χ0) is 7.99. The Morgan fingerprint density at radius 2 is 2.10 bits per heavy atom. The van der Waals surface area contributed by atoms with Gasteiger partial charge in [-0.05, 0) is 0 Å². The van der Waals surface area contributed by atoms with Crippen LogP contribution in [0.3, 0.4) is 0 Å². The van der Waals surface area contributed by atoms with Crippen molar-refractivity contribution in [2.45, 2.75) is 24.2 Å². The fourth-order valence-electron chi connectivity index (χ4n) is 1.12. The molecular weight excluding hydrogens is 153 g/mol. The van der Waals surface area contributed by atoms with Crippen molar-refractivity contribution in [3.8, 4) is 0 Å². The molecule has 1 unspecified atom stereocenters. The Bertz CT molecular complexity index is 181. The number of hydrogen-bond donors (Lipinski definition) is 3. The minimum absolute atomic E-state index is 0.106. The van der Waals surface area contributed by atoms with Crippen LogP contribution in [-0.2, 0) is 4.57 Å². The summed E-state index contributed by atoms with van der Waals surface area (Å²) in [6, 6.07) is -0.106. The molecule has 60 valence electrons. The van der Waals surface area contributed by atoms with Gasteiger partial charge in [-0.2, -0.15) is 0 Å². The highest BCUT2D eigenvalue weighted by molar-refractivity contribution is 7.58. The van der Waals surface area contributed by atoms with Crippen LogP contribution in [0.25, 0.3) is 0 Å². The molecule has 0 aromatic carbocycles. The van der Waals surface area contributed by atoms with Crippen LogP contribution >= 0.6 is 7.37 Å². The normalized spacial score (nSPS) is 45.8. The summed E-state index contributed by atoms with van der Waals surface area (Å²) in [5.74, 6) is 0. The molecule has 0 heterocycles. The molecule has 4 N–H and O–H groups in total. The average Bonchev–Trinajstić information content (AvgIpc) is 1.58. The average molecular weight is 165 g/mol. The summed E-state index contributed by atoms with van der Waals surface area (Å²) in [7, 11) is -3.34. The zero-order valence-corrected chi connectivity index (χ0v) is 6.71. The van der Waals surface area contributed by atoms with E-state index in [2.05, 4.69) is 0 Å². The van der Waals surface area contributed by atoms with Gasteiger partial charge in [0.15, 0.2) is 0 Å². The molecule has 10 heavy (non-hydrogen) atoms. The first-order valence-corrected chi connectivity index (χ1v) is 5.24. The topological polar surface area (TPSA) is 83.5 Å². The van der Waals surface area contributed by atoms with Crippen molar-refractivity contribution in [3.63, 3.8) is 0 Å². The smallest absolute Gasteiger partial charge is 0.228 e. The fraction of sp³-hybridized carbons (Fsp3) is 1.00. The molecule has 1 aliphatic carbocycles. The van der Waals surface area contributed by atoms with Crippen molar-refractivity contribution in [2.24, 2.45) is 5.73 Å². The van der Waals surface area contributed by atoms with Crippen LogP contribution in [0.1, 0.15) is 12.8 Å². The predicted octanol–water partition coefficient (Wildman–Crippen LogP) is -0.304. The third kappa shape index (κ3) is 1.12. The summed E-state index contributed by atoms with van der Waals surface area (Å²) in [4.78, 5) is 8.96. The number of aliphatic hydroxyl groups is 1. The van der Waals surface area contributed by atoms with E-state index in [1.54, 1.807) is 0 Å². The molecule has 0 radical (unpaired) electrons. The largest absolute Gasteiger partial charge is 0.380 e. The van der Waals surface area contributed by atoms with E-state index < -0.39 is 12.7 Å². The highest BCUT2D eigenvalue weighted by atomic mass is 31.2. The van der Waals surface area contributed by atoms with Gasteiger partial charge in [-0.15, -0.1) is 0 Å². The Hall–Kier alpha value is 0.110. The van der Waals surface area contributed by atoms with Crippen molar-refractivity contribution in [1.82, 2.24) is 0 Å². The van der Waals surface area contributed by atoms with Gasteiger partial charge >= 0.3 is 0 Å². The van der Waals surface area contributed by atoms with Gasteiger partial charge in [0.25, 0.3) is 0 Å². The fourth-order valence-corrected chi connectivity index (χ4v) is 2.27. The third-order valence-electron chi connectivity index (χ3n) is 1.95. The van der Waals surface area contributed by atoms with Gasteiger partial charge in [0, 0.05) is 25.5 Å². The minimum Gasteiger partial charge on any atom is -0.380 e. The van der Waals surface area contributed by atoms with E-state index in [0.29, 0.717) is 0 Å². The van der Waals surface area contributed by atoms with E-state index in [1.807, 2.05) is 0 Å². The molecule has 1 aliphatic rings. The van der Waals surface area contributed by atoms with Gasteiger partial charge in [0.05, 0.1) is 0 Å². The van der Waals surface area contributed by atoms with Crippen LogP contribution in [0.4, 0.5) is 0 Å². The maximum Gasteiger partial charge on any atom is 0.228 e. The molecule has 1 fully saturated rings. The lowest BCUT2D eigenvalue weighted by atomic mass is 9.89. The maximum atomic E-state index is 10.9. The van der Waals surface area contributed by atoms with Crippen LogP contribution in [0.5, 0.6) is 0 Å². The highest BCUT2D eigenvalue weighted by Crippen LogP contribution is 2.58. The van der Waals surface area contributed by atoms with Gasteiger partial charge in [0.2, 0.25) is 7.37 Å². The molecule has 0 aromatic rings. The van der Waals surface area contributed by atoms with Crippen LogP contribution in [0.2, 0.25) is 0 Å². The monoisotopic (exact) mass is 165 g/mol. The Morgan fingerprint density at radius 3 is 2.20 bits per heavy atom. The van der Waals surface area contributed by atoms with Gasteiger partial charge < -0.3 is 15.7 Å². The molecule has 0 aliphatic heterocycles. The summed E-state index contributed by atoms with van der Waals surface area (Å²) >= 11 is 0. The van der Waals surface area contributed by atoms with Crippen LogP contribution in [-0.4, -0.2) is 28.0 Å². The molecule has 0 spiro atoms. The molecule has 4 nitrogen and oxygen atoms in total. The molecule has 0 aromatic heterocycles. The highest BCUT2D eigenvalue weighted by Gasteiger charge is 2.51. The first-order chi connectivity index (χ1) is 4.35. The zero-order valence-electron chi connectivity index (χ0n) is 5.82. The summed E-state index contributed by atoms with van der Waals surface area (Å²) in [6.45, 7) is 1.17. The van der Waals surface area contributed by atoms with Crippen molar-refractivity contribution in [2.75, 3.05) is 6.66 Å². The van der Waals surface area contributed by atoms with Crippen LogP contribution in [0, 0.1) is 0 Å². The summed E-state index contributed by atoms with van der Waals surface area (Å²) in [6.07, 6.45) is 0.495. The Morgan fingerprint density at radius 1 is 1.70 bits per heavy atom. The number of rotatable bonds is 1. The van der Waals surface area contributed by atoms with Gasteiger partial charge in [-0.25, -0.2) is 0 Å². The third-order valence-corrected chi connectivity index (χ3v) is 3.86. The second-order valence-electron chi connectivity index (χ2n) is 3.03. The van der Waals surface area contributed by atoms with E-state index >= 15 is 0 Å². The molecule has 0 bridgehead atoms. The first kappa shape index (κ1) is 8.21. The van der Waals surface area contributed by atoms with Crippen LogP contribution < -0.4 is 5.73 Å². The molecule has 0 amide bonds. The quantitative estimate of drug-likeness (QED) is 0.465. The predicted molar refractivity (Wildman–Crippen MR) is 37.9 cm³/mol. The van der Waals surface area contributed by atoms with Gasteiger partial charge in [-0.1, -0.05) is 0 Å². The van der Waals surface area contributed by atoms with Crippen molar-refractivity contribution >= 4 is 7.37 Å². The van der Waals surface area contributed by atoms with Crippen LogP contribution in [0.15, 0.2) is 0 Å². The molecular formula is C5H12NO3P. The van der Waals surface area contributed by atoms with Gasteiger partial charge in [-0.3, -0.25) is 4.57 Å². The van der Waals surface area contributed by atoms with E-state index in [0.717, 1.165) is 0 Å². The second kappa shape index (κ2) is 2.05. The van der Waals surface area contributed by atoms with Crippen molar-refractivity contribution in [1.29, 1.82) is 0 Å². The molecule has 1 saturated carbocycles. The Labute approximate surface area is 59.5 Å². The minimum atomic E-state index is -3.34. The summed E-state index contributed by atoms with van der Waals surface area (Å²) in [5.41, 5.74) is 5.36. The molecule has 5 heteroatoms.